The summed E-state index contributed by atoms with van der Waals surface area (Å²) in [6, 6.07) is 14.3. The van der Waals surface area contributed by atoms with Gasteiger partial charge in [-0.05, 0) is 29.7 Å². The number of carbonyl (C=O) groups is 1. The minimum absolute atomic E-state index is 0.139. The maximum absolute atomic E-state index is 12.6. The van der Waals surface area contributed by atoms with E-state index >= 15 is 0 Å². The van der Waals surface area contributed by atoms with E-state index in [1.807, 2.05) is 24.3 Å². The van der Waals surface area contributed by atoms with Crippen molar-refractivity contribution in [1.29, 1.82) is 0 Å². The highest BCUT2D eigenvalue weighted by atomic mass is 16.5. The zero-order valence-corrected chi connectivity index (χ0v) is 15.7. The fourth-order valence-electron chi connectivity index (χ4n) is 4.09. The molecule has 0 aromatic heterocycles. The fourth-order valence-corrected chi connectivity index (χ4v) is 4.09. The molecule has 2 aliphatic rings. The minimum Gasteiger partial charge on any atom is -0.487 e. The van der Waals surface area contributed by atoms with Crippen molar-refractivity contribution in [3.63, 3.8) is 0 Å². The summed E-state index contributed by atoms with van der Waals surface area (Å²) >= 11 is 0. The van der Waals surface area contributed by atoms with Gasteiger partial charge >= 0.3 is 0 Å². The third-order valence-corrected chi connectivity index (χ3v) is 5.29. The third-order valence-electron chi connectivity index (χ3n) is 5.29. The number of rotatable bonds is 6. The Hall–Kier alpha value is -2.43. The molecule has 1 aliphatic carbocycles. The number of ketones is 1. The molecule has 0 bridgehead atoms. The molecule has 2 aromatic carbocycles. The quantitative estimate of drug-likeness (QED) is 0.799. The largest absolute Gasteiger partial charge is 0.487 e. The van der Waals surface area contributed by atoms with Gasteiger partial charge < -0.3 is 9.84 Å². The Morgan fingerprint density at radius 2 is 1.93 bits per heavy atom. The number of benzene rings is 2. The number of hydrogen-bond donors (Lipinski definition) is 1. The lowest BCUT2D eigenvalue weighted by atomic mass is 9.99. The number of aliphatic hydroxyl groups excluding tert-OH is 1. The average molecular weight is 363 g/mol. The monoisotopic (exact) mass is 363 g/mol. The Balaban J connectivity index is 1.65. The van der Waals surface area contributed by atoms with Crippen molar-refractivity contribution in [3.05, 3.63) is 70.3 Å². The summed E-state index contributed by atoms with van der Waals surface area (Å²) in [7, 11) is 0. The summed E-state index contributed by atoms with van der Waals surface area (Å²) in [5.41, 5.74) is 6.19. The smallest absolute Gasteiger partial charge is 0.171 e. The first-order chi connectivity index (χ1) is 13.2. The SMILES string of the molecule is CCCN(CCO)Cc1ccc2c(c1)CO/C2=C1/C(=O)Cc2ccccc21. The second-order valence-corrected chi connectivity index (χ2v) is 7.24. The molecule has 27 heavy (non-hydrogen) atoms. The number of carbonyl (C=O) groups excluding carboxylic acids is 1. The van der Waals surface area contributed by atoms with Gasteiger partial charge in [0.15, 0.2) is 5.78 Å². The van der Waals surface area contributed by atoms with Crippen molar-refractivity contribution >= 4 is 17.1 Å². The van der Waals surface area contributed by atoms with Gasteiger partial charge in [0, 0.05) is 30.6 Å². The van der Waals surface area contributed by atoms with Gasteiger partial charge in [-0.2, -0.15) is 0 Å². The first-order valence-corrected chi connectivity index (χ1v) is 9.65. The van der Waals surface area contributed by atoms with Crippen molar-refractivity contribution in [2.75, 3.05) is 19.7 Å². The highest BCUT2D eigenvalue weighted by Crippen LogP contribution is 2.40. The van der Waals surface area contributed by atoms with Gasteiger partial charge in [-0.3, -0.25) is 9.69 Å². The molecule has 0 saturated heterocycles. The van der Waals surface area contributed by atoms with Gasteiger partial charge in [-0.1, -0.05) is 49.4 Å². The summed E-state index contributed by atoms with van der Waals surface area (Å²) in [5.74, 6) is 0.868. The van der Waals surface area contributed by atoms with Crippen molar-refractivity contribution < 1.29 is 14.6 Å². The molecule has 1 aliphatic heterocycles. The Morgan fingerprint density at radius 1 is 1.07 bits per heavy atom. The Labute approximate surface area is 160 Å². The van der Waals surface area contributed by atoms with E-state index in [9.17, 15) is 9.90 Å². The van der Waals surface area contributed by atoms with Crippen LogP contribution in [-0.4, -0.2) is 35.5 Å². The lowest BCUT2D eigenvalue weighted by Gasteiger charge is -2.20. The van der Waals surface area contributed by atoms with Crippen LogP contribution in [0.3, 0.4) is 0 Å². The maximum atomic E-state index is 12.6. The molecule has 4 nitrogen and oxygen atoms in total. The lowest BCUT2D eigenvalue weighted by molar-refractivity contribution is -0.112. The fraction of sp³-hybridized carbons (Fsp3) is 0.348. The van der Waals surface area contributed by atoms with Crippen LogP contribution < -0.4 is 0 Å². The van der Waals surface area contributed by atoms with E-state index in [2.05, 4.69) is 30.0 Å². The number of nitrogens with zero attached hydrogens (tertiary/aromatic N) is 1. The predicted molar refractivity (Wildman–Crippen MR) is 106 cm³/mol. The van der Waals surface area contributed by atoms with Crippen LogP contribution >= 0.6 is 0 Å². The molecule has 0 radical (unpaired) electrons. The highest BCUT2D eigenvalue weighted by Gasteiger charge is 2.32. The molecule has 4 heteroatoms. The van der Waals surface area contributed by atoms with Crippen molar-refractivity contribution in [2.45, 2.75) is 32.9 Å². The Kier molecular flexibility index (Phi) is 5.10. The van der Waals surface area contributed by atoms with Gasteiger partial charge in [-0.25, -0.2) is 0 Å². The van der Waals surface area contributed by atoms with Gasteiger partial charge in [0.25, 0.3) is 0 Å². The Morgan fingerprint density at radius 3 is 2.74 bits per heavy atom. The van der Waals surface area contributed by atoms with E-state index in [4.69, 9.17) is 4.74 Å². The molecule has 0 atom stereocenters. The molecule has 0 amide bonds. The minimum atomic E-state index is 0.139. The van der Waals surface area contributed by atoms with E-state index in [1.54, 1.807) is 0 Å². The molecule has 2 aromatic rings. The number of fused-ring (bicyclic) bond motifs is 2. The van der Waals surface area contributed by atoms with Crippen LogP contribution in [0.5, 0.6) is 0 Å². The molecule has 140 valence electrons. The second-order valence-electron chi connectivity index (χ2n) is 7.24. The maximum Gasteiger partial charge on any atom is 0.171 e. The number of allylic oxidation sites excluding steroid dienone is 1. The van der Waals surface area contributed by atoms with Crippen molar-refractivity contribution in [3.8, 4) is 0 Å². The average Bonchev–Trinajstić information content (AvgIpc) is 3.21. The molecule has 1 N–H and O–H groups in total. The van der Waals surface area contributed by atoms with E-state index in [1.165, 1.54) is 5.56 Å². The molecule has 4 rings (SSSR count). The van der Waals surface area contributed by atoms with Crippen LogP contribution in [-0.2, 0) is 29.1 Å². The van der Waals surface area contributed by atoms with E-state index in [0.29, 0.717) is 19.6 Å². The van der Waals surface area contributed by atoms with Crippen LogP contribution in [0.25, 0.3) is 11.3 Å². The number of ether oxygens (including phenoxy) is 1. The van der Waals surface area contributed by atoms with Gasteiger partial charge in [0.1, 0.15) is 12.4 Å². The first kappa shape index (κ1) is 18.0. The molecular weight excluding hydrogens is 338 g/mol. The summed E-state index contributed by atoms with van der Waals surface area (Å²) in [6.07, 6.45) is 1.52. The van der Waals surface area contributed by atoms with E-state index < -0.39 is 0 Å². The van der Waals surface area contributed by atoms with Crippen LogP contribution in [0.4, 0.5) is 0 Å². The van der Waals surface area contributed by atoms with Crippen LogP contribution in [0.15, 0.2) is 42.5 Å². The molecule has 0 unspecified atom stereocenters. The summed E-state index contributed by atoms with van der Waals surface area (Å²) in [5, 5.41) is 9.26. The molecule has 0 saturated carbocycles. The van der Waals surface area contributed by atoms with Gasteiger partial charge in [0.05, 0.1) is 12.2 Å². The lowest BCUT2D eigenvalue weighted by Crippen LogP contribution is -2.27. The van der Waals surface area contributed by atoms with Crippen molar-refractivity contribution in [1.82, 2.24) is 4.90 Å². The summed E-state index contributed by atoms with van der Waals surface area (Å²) in [4.78, 5) is 14.9. The topological polar surface area (TPSA) is 49.8 Å². The molecular formula is C23H25NO3. The van der Waals surface area contributed by atoms with Crippen LogP contribution in [0.2, 0.25) is 0 Å². The van der Waals surface area contributed by atoms with Gasteiger partial charge in [-0.15, -0.1) is 0 Å². The standard InChI is InChI=1S/C23H25NO3/c1-2-9-24(10-11-25)14-16-7-8-20-18(12-16)15-27-23(20)22-19-6-4-3-5-17(19)13-21(22)26/h3-8,12,25H,2,9-11,13-15H2,1H3/b23-22+. The van der Waals surface area contributed by atoms with E-state index in [-0.39, 0.29) is 12.4 Å². The van der Waals surface area contributed by atoms with Crippen molar-refractivity contribution in [2.24, 2.45) is 0 Å². The summed E-state index contributed by atoms with van der Waals surface area (Å²) in [6.45, 7) is 5.29. The van der Waals surface area contributed by atoms with Crippen LogP contribution in [0.1, 0.15) is 41.2 Å². The number of Topliss-reactive ketones (excluding diaryl/α,β-unsaturated/α-hetero) is 1. The zero-order chi connectivity index (χ0) is 18.8. The van der Waals surface area contributed by atoms with E-state index in [0.717, 1.165) is 53.1 Å². The summed E-state index contributed by atoms with van der Waals surface area (Å²) < 4.78 is 5.99. The molecule has 0 spiro atoms. The zero-order valence-electron chi connectivity index (χ0n) is 15.7. The second kappa shape index (κ2) is 7.67. The normalized spacial score (nSPS) is 18.0. The molecule has 1 heterocycles. The molecule has 0 fully saturated rings. The predicted octanol–water partition coefficient (Wildman–Crippen LogP) is 3.41. The highest BCUT2D eigenvalue weighted by molar-refractivity contribution is 6.31. The van der Waals surface area contributed by atoms with Gasteiger partial charge in [0.2, 0.25) is 0 Å². The first-order valence-electron chi connectivity index (χ1n) is 9.65. The van der Waals surface area contributed by atoms with Crippen LogP contribution in [0, 0.1) is 0 Å². The third kappa shape index (κ3) is 3.43. The number of aliphatic hydroxyl groups is 1. The Bertz CT molecular complexity index is 894. The number of hydrogen-bond acceptors (Lipinski definition) is 4.